The number of carbonyl (C=O) groups is 2. The van der Waals surface area contributed by atoms with Gasteiger partial charge in [0.2, 0.25) is 11.8 Å². The zero-order valence-corrected chi connectivity index (χ0v) is 28.1. The van der Waals surface area contributed by atoms with Crippen LogP contribution in [0.1, 0.15) is 42.9 Å². The van der Waals surface area contributed by atoms with Crippen LogP contribution >= 0.6 is 0 Å². The van der Waals surface area contributed by atoms with Crippen LogP contribution in [0.4, 0.5) is 5.69 Å². The predicted molar refractivity (Wildman–Crippen MR) is 192 cm³/mol. The van der Waals surface area contributed by atoms with E-state index < -0.39 is 5.41 Å². The van der Waals surface area contributed by atoms with Gasteiger partial charge in [0.15, 0.2) is 5.82 Å². The lowest BCUT2D eigenvalue weighted by Gasteiger charge is -2.30. The van der Waals surface area contributed by atoms with E-state index in [1.807, 2.05) is 41.4 Å². The van der Waals surface area contributed by atoms with Gasteiger partial charge in [-0.1, -0.05) is 30.3 Å². The molecule has 50 heavy (non-hydrogen) atoms. The maximum atomic E-state index is 13.9. The van der Waals surface area contributed by atoms with Crippen LogP contribution in [0, 0.1) is 5.41 Å². The SMILES string of the molecule is COCC1(C(=O)Nc2ccc3[nH]nc(-c4ccnc(C5CC5)c4)c3c2)CCN(C(=O)CN2CC=C(c3ccc(-c4ncccn4)cc3)CC2)C1. The Labute approximate surface area is 290 Å². The average molecular weight is 669 g/mol. The molecule has 11 nitrogen and oxygen atoms in total. The Morgan fingerprint density at radius 3 is 2.54 bits per heavy atom. The molecule has 3 aliphatic rings. The van der Waals surface area contributed by atoms with Gasteiger partial charge in [0, 0.05) is 85.7 Å². The van der Waals surface area contributed by atoms with Crippen molar-refractivity contribution in [2.45, 2.75) is 31.6 Å². The number of hydrogen-bond acceptors (Lipinski definition) is 8. The van der Waals surface area contributed by atoms with E-state index in [1.54, 1.807) is 19.5 Å². The van der Waals surface area contributed by atoms with Gasteiger partial charge in [-0.15, -0.1) is 0 Å². The monoisotopic (exact) mass is 668 g/mol. The summed E-state index contributed by atoms with van der Waals surface area (Å²) >= 11 is 0. The second-order valence-corrected chi connectivity index (χ2v) is 13.7. The molecule has 8 rings (SSSR count). The Morgan fingerprint density at radius 2 is 1.78 bits per heavy atom. The molecule has 3 aromatic heterocycles. The van der Waals surface area contributed by atoms with Crippen LogP contribution in [0.5, 0.6) is 0 Å². The molecule has 2 fully saturated rings. The van der Waals surface area contributed by atoms with Crippen molar-refractivity contribution in [1.29, 1.82) is 0 Å². The molecular formula is C39H40N8O3. The van der Waals surface area contributed by atoms with Crippen molar-refractivity contribution in [3.05, 3.63) is 96.6 Å². The van der Waals surface area contributed by atoms with E-state index in [9.17, 15) is 9.59 Å². The summed E-state index contributed by atoms with van der Waals surface area (Å²) in [5, 5.41) is 11.8. The standard InChI is InChI=1S/C39H40N8O3/c1-50-25-39(38(49)43-31-9-10-33-32(22-31)36(45-44-33)30-11-17-40-34(21-30)28-5-6-28)14-20-47(24-39)35(48)23-46-18-12-27(13-19-46)26-3-7-29(8-4-26)37-41-15-2-16-42-37/h2-4,7-12,15-17,21-22,28H,5-6,13-14,18-20,23-25H2,1H3,(H,43,49)(H,44,45). The molecule has 5 aromatic rings. The molecule has 2 aromatic carbocycles. The maximum absolute atomic E-state index is 13.9. The minimum Gasteiger partial charge on any atom is -0.383 e. The number of benzene rings is 2. The largest absolute Gasteiger partial charge is 0.383 e. The van der Waals surface area contributed by atoms with Crippen molar-refractivity contribution in [1.82, 2.24) is 34.9 Å². The second kappa shape index (κ2) is 13.6. The molecule has 2 amide bonds. The van der Waals surface area contributed by atoms with E-state index in [2.05, 4.69) is 71.8 Å². The number of anilines is 1. The summed E-state index contributed by atoms with van der Waals surface area (Å²) in [5.41, 5.74) is 7.11. The second-order valence-electron chi connectivity index (χ2n) is 13.7. The number of ether oxygens (including phenoxy) is 1. The summed E-state index contributed by atoms with van der Waals surface area (Å²) < 4.78 is 5.58. The third-order valence-electron chi connectivity index (χ3n) is 10.2. The normalized spacial score (nSPS) is 19.5. The number of hydrogen-bond donors (Lipinski definition) is 2. The van der Waals surface area contributed by atoms with Crippen LogP contribution in [-0.2, 0) is 14.3 Å². The van der Waals surface area contributed by atoms with Gasteiger partial charge in [-0.25, -0.2) is 9.97 Å². The Hall–Kier alpha value is -5.26. The topological polar surface area (TPSA) is 129 Å². The van der Waals surface area contributed by atoms with Crippen LogP contribution < -0.4 is 5.32 Å². The highest BCUT2D eigenvalue weighted by Gasteiger charge is 2.46. The number of rotatable bonds is 10. The first-order chi connectivity index (χ1) is 24.5. The molecule has 11 heteroatoms. The van der Waals surface area contributed by atoms with Gasteiger partial charge in [-0.05, 0) is 73.2 Å². The van der Waals surface area contributed by atoms with Crippen LogP contribution in [-0.4, -0.2) is 93.2 Å². The van der Waals surface area contributed by atoms with Crippen LogP contribution in [0.25, 0.3) is 39.1 Å². The number of amides is 2. The van der Waals surface area contributed by atoms with Crippen LogP contribution in [0.15, 0.2) is 85.3 Å². The minimum absolute atomic E-state index is 0.0345. The highest BCUT2D eigenvalue weighted by atomic mass is 16.5. The van der Waals surface area contributed by atoms with Crippen molar-refractivity contribution in [2.24, 2.45) is 5.41 Å². The summed E-state index contributed by atoms with van der Waals surface area (Å²) in [6.45, 7) is 2.86. The summed E-state index contributed by atoms with van der Waals surface area (Å²) in [7, 11) is 1.61. The first kappa shape index (κ1) is 32.0. The third kappa shape index (κ3) is 6.54. The summed E-state index contributed by atoms with van der Waals surface area (Å²) in [4.78, 5) is 44.7. The van der Waals surface area contributed by atoms with Gasteiger partial charge < -0.3 is 15.0 Å². The van der Waals surface area contributed by atoms with E-state index in [0.717, 1.165) is 46.4 Å². The number of methoxy groups -OCH3 is 1. The van der Waals surface area contributed by atoms with E-state index in [4.69, 9.17) is 4.74 Å². The number of fused-ring (bicyclic) bond motifs is 1. The van der Waals surface area contributed by atoms with Crippen molar-refractivity contribution in [2.75, 3.05) is 51.8 Å². The van der Waals surface area contributed by atoms with E-state index in [0.29, 0.717) is 50.0 Å². The van der Waals surface area contributed by atoms with Gasteiger partial charge >= 0.3 is 0 Å². The maximum Gasteiger partial charge on any atom is 0.236 e. The molecule has 0 spiro atoms. The lowest BCUT2D eigenvalue weighted by Crippen LogP contribution is -2.45. The van der Waals surface area contributed by atoms with Crippen molar-refractivity contribution in [3.63, 3.8) is 0 Å². The number of H-pyrrole nitrogens is 1. The van der Waals surface area contributed by atoms with Gasteiger partial charge in [-0.2, -0.15) is 5.10 Å². The number of pyridine rings is 1. The van der Waals surface area contributed by atoms with Crippen LogP contribution in [0.2, 0.25) is 0 Å². The first-order valence-electron chi connectivity index (χ1n) is 17.3. The van der Waals surface area contributed by atoms with Gasteiger partial charge in [0.1, 0.15) is 5.69 Å². The Bertz CT molecular complexity index is 2060. The number of aromatic amines is 1. The molecule has 1 saturated carbocycles. The predicted octanol–water partition coefficient (Wildman–Crippen LogP) is 5.55. The van der Waals surface area contributed by atoms with Crippen molar-refractivity contribution in [3.8, 4) is 22.6 Å². The number of likely N-dealkylation sites (tertiary alicyclic amines) is 1. The van der Waals surface area contributed by atoms with E-state index in [1.165, 1.54) is 24.0 Å². The molecule has 2 N–H and O–H groups in total. The lowest BCUT2D eigenvalue weighted by molar-refractivity contribution is -0.133. The zero-order valence-electron chi connectivity index (χ0n) is 28.1. The summed E-state index contributed by atoms with van der Waals surface area (Å²) in [6.07, 6.45) is 11.3. The Morgan fingerprint density at radius 1 is 0.960 bits per heavy atom. The van der Waals surface area contributed by atoms with Gasteiger partial charge in [0.25, 0.3) is 0 Å². The highest BCUT2D eigenvalue weighted by Crippen LogP contribution is 2.40. The molecular weight excluding hydrogens is 628 g/mol. The first-order valence-corrected chi connectivity index (χ1v) is 17.3. The molecule has 2 aliphatic heterocycles. The molecule has 1 aliphatic carbocycles. The number of nitrogens with one attached hydrogen (secondary N) is 2. The fourth-order valence-electron chi connectivity index (χ4n) is 7.19. The Kier molecular flexibility index (Phi) is 8.68. The Balaban J connectivity index is 0.900. The van der Waals surface area contributed by atoms with Crippen LogP contribution in [0.3, 0.4) is 0 Å². The minimum atomic E-state index is -0.839. The average Bonchev–Trinajstić information content (AvgIpc) is 3.79. The fraction of sp³-hybridized carbons (Fsp3) is 0.333. The molecule has 5 heterocycles. The number of aromatic nitrogens is 5. The summed E-state index contributed by atoms with van der Waals surface area (Å²) in [6, 6.07) is 20.0. The number of carbonyl (C=O) groups excluding carboxylic acids is 2. The molecule has 0 radical (unpaired) electrons. The third-order valence-corrected chi connectivity index (χ3v) is 10.2. The molecule has 1 unspecified atom stereocenters. The molecule has 0 bridgehead atoms. The van der Waals surface area contributed by atoms with Crippen molar-refractivity contribution < 1.29 is 14.3 Å². The van der Waals surface area contributed by atoms with Gasteiger partial charge in [0.05, 0.1) is 24.1 Å². The zero-order chi connectivity index (χ0) is 34.1. The highest BCUT2D eigenvalue weighted by molar-refractivity contribution is 6.00. The summed E-state index contributed by atoms with van der Waals surface area (Å²) in [5.74, 6) is 1.14. The van der Waals surface area contributed by atoms with E-state index in [-0.39, 0.29) is 18.4 Å². The molecule has 1 saturated heterocycles. The number of nitrogens with zero attached hydrogens (tertiary/aromatic N) is 6. The van der Waals surface area contributed by atoms with Gasteiger partial charge in [-0.3, -0.25) is 24.6 Å². The molecule has 254 valence electrons. The lowest BCUT2D eigenvalue weighted by atomic mass is 9.86. The van der Waals surface area contributed by atoms with Crippen molar-refractivity contribution >= 4 is 34.0 Å². The quantitative estimate of drug-likeness (QED) is 0.198. The molecule has 1 atom stereocenters. The van der Waals surface area contributed by atoms with E-state index >= 15 is 0 Å². The fourth-order valence-corrected chi connectivity index (χ4v) is 7.19. The smallest absolute Gasteiger partial charge is 0.236 e.